The lowest BCUT2D eigenvalue weighted by molar-refractivity contribution is -0.896. The summed E-state index contributed by atoms with van der Waals surface area (Å²) in [7, 11) is 0. The van der Waals surface area contributed by atoms with Crippen LogP contribution in [0.25, 0.3) is 0 Å². The van der Waals surface area contributed by atoms with Crippen LogP contribution in [0.2, 0.25) is 0 Å². The van der Waals surface area contributed by atoms with E-state index in [0.29, 0.717) is 18.1 Å². The first-order valence-electron chi connectivity index (χ1n) is 9.96. The maximum Gasteiger partial charge on any atom is 0.291 e. The number of hydrogen-bond acceptors (Lipinski definition) is 3. The molecule has 6 heteroatoms. The average molecular weight is 381 g/mol. The number of halogens is 1. The van der Waals surface area contributed by atoms with Gasteiger partial charge >= 0.3 is 0 Å². The van der Waals surface area contributed by atoms with Crippen LogP contribution in [0.3, 0.4) is 0 Å². The van der Waals surface area contributed by atoms with Crippen LogP contribution >= 0.6 is 0 Å². The fourth-order valence-corrected chi connectivity index (χ4v) is 2.64. The highest BCUT2D eigenvalue weighted by atomic mass is 19.1. The van der Waals surface area contributed by atoms with Crippen LogP contribution in [0, 0.1) is 11.7 Å². The number of benzene rings is 1. The van der Waals surface area contributed by atoms with E-state index in [1.807, 2.05) is 20.8 Å². The number of nitrogens with one attached hydrogen (secondary N) is 2. The minimum atomic E-state index is -0.375. The van der Waals surface area contributed by atoms with Gasteiger partial charge < -0.3 is 9.64 Å². The van der Waals surface area contributed by atoms with Crippen molar-refractivity contribution in [3.05, 3.63) is 35.6 Å². The van der Waals surface area contributed by atoms with Gasteiger partial charge in [-0.2, -0.15) is 0 Å². The second-order valence-corrected chi connectivity index (χ2v) is 7.30. The van der Waals surface area contributed by atoms with Gasteiger partial charge in [0, 0.05) is 5.56 Å². The van der Waals surface area contributed by atoms with Crippen molar-refractivity contribution in [2.75, 3.05) is 26.2 Å². The lowest BCUT2D eigenvalue weighted by Crippen LogP contribution is -3.11. The molecule has 2 N–H and O–H groups in total. The minimum Gasteiger partial charge on any atom is -0.465 e. The SMILES string of the molecule is CC[NH+](CC)CCC[C@@H](C)N=C(NC(=O)c1ccc(F)cc1)OCC(C)C. The highest BCUT2D eigenvalue weighted by molar-refractivity contribution is 6.04. The van der Waals surface area contributed by atoms with Crippen LogP contribution in [0.15, 0.2) is 29.3 Å². The lowest BCUT2D eigenvalue weighted by Gasteiger charge is -2.17. The zero-order valence-electron chi connectivity index (χ0n) is 17.3. The van der Waals surface area contributed by atoms with Crippen molar-refractivity contribution in [1.29, 1.82) is 0 Å². The zero-order chi connectivity index (χ0) is 20.2. The van der Waals surface area contributed by atoms with Gasteiger partial charge in [0.15, 0.2) is 0 Å². The van der Waals surface area contributed by atoms with Crippen LogP contribution in [0.5, 0.6) is 0 Å². The first kappa shape index (κ1) is 23.1. The highest BCUT2D eigenvalue weighted by Crippen LogP contribution is 2.05. The van der Waals surface area contributed by atoms with Gasteiger partial charge in [0.05, 0.1) is 32.3 Å². The monoisotopic (exact) mass is 380 g/mol. The number of rotatable bonds is 10. The first-order valence-corrected chi connectivity index (χ1v) is 9.96. The highest BCUT2D eigenvalue weighted by Gasteiger charge is 2.13. The third-order valence-electron chi connectivity index (χ3n) is 4.37. The molecule has 1 aromatic rings. The van der Waals surface area contributed by atoms with Gasteiger partial charge in [0.2, 0.25) is 0 Å². The third-order valence-corrected chi connectivity index (χ3v) is 4.37. The summed E-state index contributed by atoms with van der Waals surface area (Å²) in [4.78, 5) is 18.5. The molecule has 0 saturated carbocycles. The van der Waals surface area contributed by atoms with E-state index in [4.69, 9.17) is 4.74 Å². The molecule has 0 heterocycles. The van der Waals surface area contributed by atoms with Gasteiger partial charge in [-0.3, -0.25) is 10.1 Å². The quantitative estimate of drug-likeness (QED) is 0.484. The molecule has 1 aromatic carbocycles. The van der Waals surface area contributed by atoms with Crippen LogP contribution < -0.4 is 10.2 Å². The van der Waals surface area contributed by atoms with Crippen molar-refractivity contribution >= 4 is 11.9 Å². The van der Waals surface area contributed by atoms with E-state index in [0.717, 1.165) is 32.5 Å². The van der Waals surface area contributed by atoms with Gasteiger partial charge in [-0.1, -0.05) is 13.8 Å². The second kappa shape index (κ2) is 12.4. The number of quaternary nitrogens is 1. The molecule has 0 radical (unpaired) electrons. The van der Waals surface area contributed by atoms with E-state index < -0.39 is 0 Å². The molecule has 152 valence electrons. The van der Waals surface area contributed by atoms with E-state index in [9.17, 15) is 9.18 Å². The molecule has 1 atom stereocenters. The van der Waals surface area contributed by atoms with Gasteiger partial charge in [0.1, 0.15) is 5.82 Å². The number of aliphatic imine (C=N–C) groups is 1. The number of nitrogens with zero attached hydrogens (tertiary/aromatic N) is 1. The van der Waals surface area contributed by atoms with E-state index in [1.165, 1.54) is 24.3 Å². The molecule has 0 unspecified atom stereocenters. The van der Waals surface area contributed by atoms with Gasteiger partial charge in [0.25, 0.3) is 11.9 Å². The van der Waals surface area contributed by atoms with E-state index >= 15 is 0 Å². The Kier molecular flexibility index (Phi) is 10.6. The summed E-state index contributed by atoms with van der Waals surface area (Å²) >= 11 is 0. The first-order chi connectivity index (χ1) is 12.8. The average Bonchev–Trinajstić information content (AvgIpc) is 2.63. The number of amidine groups is 1. The molecule has 0 aliphatic rings. The maximum atomic E-state index is 13.0. The maximum absolute atomic E-state index is 13.0. The fraction of sp³-hybridized carbons (Fsp3) is 0.619. The lowest BCUT2D eigenvalue weighted by atomic mass is 10.2. The summed E-state index contributed by atoms with van der Waals surface area (Å²) in [5.41, 5.74) is 0.370. The summed E-state index contributed by atoms with van der Waals surface area (Å²) in [5, 5.41) is 2.72. The molecule has 0 fully saturated rings. The molecule has 0 spiro atoms. The smallest absolute Gasteiger partial charge is 0.291 e. The van der Waals surface area contributed by atoms with Crippen LogP contribution in [-0.2, 0) is 4.74 Å². The molecule has 5 nitrogen and oxygen atoms in total. The molecule has 0 bridgehead atoms. The number of carbonyl (C=O) groups is 1. The number of carbonyl (C=O) groups excluding carboxylic acids is 1. The Balaban J connectivity index is 2.69. The summed E-state index contributed by atoms with van der Waals surface area (Å²) in [5.74, 6) is -0.405. The Morgan fingerprint density at radius 3 is 2.37 bits per heavy atom. The van der Waals surface area contributed by atoms with Crippen molar-refractivity contribution in [3.8, 4) is 0 Å². The van der Waals surface area contributed by atoms with Crippen molar-refractivity contribution in [3.63, 3.8) is 0 Å². The van der Waals surface area contributed by atoms with Crippen LogP contribution in [0.1, 0.15) is 57.8 Å². The summed E-state index contributed by atoms with van der Waals surface area (Å²) in [6.45, 7) is 14.4. The van der Waals surface area contributed by atoms with Crippen molar-refractivity contribution in [2.45, 2.75) is 53.5 Å². The minimum absolute atomic E-state index is 0.0515. The topological polar surface area (TPSA) is 55.1 Å². The summed E-state index contributed by atoms with van der Waals surface area (Å²) in [6.07, 6.45) is 2.01. The number of ether oxygens (including phenoxy) is 1. The molecule has 0 saturated heterocycles. The van der Waals surface area contributed by atoms with E-state index in [2.05, 4.69) is 24.2 Å². The summed E-state index contributed by atoms with van der Waals surface area (Å²) in [6, 6.07) is 5.70. The van der Waals surface area contributed by atoms with Crippen molar-refractivity contribution < 1.29 is 18.8 Å². The third kappa shape index (κ3) is 9.52. The predicted octanol–water partition coefficient (Wildman–Crippen LogP) is 2.68. The Labute approximate surface area is 163 Å². The molecular weight excluding hydrogens is 345 g/mol. The Morgan fingerprint density at radius 2 is 1.81 bits per heavy atom. The Bertz CT molecular complexity index is 584. The molecule has 1 rings (SSSR count). The summed E-state index contributed by atoms with van der Waals surface area (Å²) < 4.78 is 18.7. The standard InChI is InChI=1S/C21H34FN3O2/c1-6-25(7-2)14-8-9-17(5)23-21(27-15-16(3)4)24-20(26)18-10-12-19(22)13-11-18/h10-13,16-17H,6-9,14-15H2,1-5H3,(H,23,24,26)/p+1/t17-/m1/s1. The number of amides is 1. The predicted molar refractivity (Wildman–Crippen MR) is 108 cm³/mol. The second-order valence-electron chi connectivity index (χ2n) is 7.30. The molecule has 0 aromatic heterocycles. The van der Waals surface area contributed by atoms with Crippen LogP contribution in [-0.4, -0.2) is 44.2 Å². The fourth-order valence-electron chi connectivity index (χ4n) is 2.64. The zero-order valence-corrected chi connectivity index (χ0v) is 17.3. The molecule has 0 aliphatic carbocycles. The van der Waals surface area contributed by atoms with E-state index in [-0.39, 0.29) is 23.8 Å². The molecule has 0 aliphatic heterocycles. The molecule has 27 heavy (non-hydrogen) atoms. The molecule has 1 amide bonds. The normalized spacial score (nSPS) is 13.1. The van der Waals surface area contributed by atoms with E-state index in [1.54, 1.807) is 4.90 Å². The largest absolute Gasteiger partial charge is 0.465 e. The Hall–Kier alpha value is -1.95. The van der Waals surface area contributed by atoms with Gasteiger partial charge in [-0.05, 0) is 63.8 Å². The molecular formula is C21H35FN3O2+. The van der Waals surface area contributed by atoms with Gasteiger partial charge in [-0.25, -0.2) is 9.38 Å². The van der Waals surface area contributed by atoms with Crippen molar-refractivity contribution in [2.24, 2.45) is 10.9 Å². The number of hydrogen-bond donors (Lipinski definition) is 2. The van der Waals surface area contributed by atoms with Gasteiger partial charge in [-0.15, -0.1) is 0 Å². The van der Waals surface area contributed by atoms with Crippen molar-refractivity contribution in [1.82, 2.24) is 5.32 Å². The Morgan fingerprint density at radius 1 is 1.19 bits per heavy atom. The van der Waals surface area contributed by atoms with Crippen LogP contribution in [0.4, 0.5) is 4.39 Å².